The van der Waals surface area contributed by atoms with Crippen molar-refractivity contribution in [2.75, 3.05) is 6.61 Å². The second kappa shape index (κ2) is 4.89. The van der Waals surface area contributed by atoms with E-state index in [4.69, 9.17) is 9.66 Å². The van der Waals surface area contributed by atoms with Crippen LogP contribution < -0.4 is 4.72 Å². The van der Waals surface area contributed by atoms with Crippen molar-refractivity contribution in [3.63, 3.8) is 0 Å². The van der Waals surface area contributed by atoms with E-state index in [0.717, 1.165) is 0 Å². The van der Waals surface area contributed by atoms with Gasteiger partial charge in [0, 0.05) is 0 Å². The Kier molecular flexibility index (Phi) is 4.20. The van der Waals surface area contributed by atoms with E-state index in [0.29, 0.717) is 0 Å². The van der Waals surface area contributed by atoms with Crippen LogP contribution in [-0.4, -0.2) is 70.6 Å². The molecule has 1 heterocycles. The van der Waals surface area contributed by atoms with Crippen molar-refractivity contribution < 1.29 is 38.1 Å². The molecule has 0 radical (unpaired) electrons. The molecule has 1 aliphatic heterocycles. The largest absolute Gasteiger partial charge is 0.394 e. The Morgan fingerprint density at radius 1 is 1.19 bits per heavy atom. The summed E-state index contributed by atoms with van der Waals surface area (Å²) in [5, 5.41) is 36.8. The number of hydrogen-bond donors (Lipinski definition) is 6. The highest BCUT2D eigenvalue weighted by Crippen LogP contribution is 2.19. The number of rotatable bonds is 3. The van der Waals surface area contributed by atoms with Gasteiger partial charge in [-0.1, -0.05) is 0 Å². The highest BCUT2D eigenvalue weighted by molar-refractivity contribution is 7.83. The summed E-state index contributed by atoms with van der Waals surface area (Å²) in [6.07, 6.45) is -6.34. The lowest BCUT2D eigenvalue weighted by atomic mass is 9.98. The van der Waals surface area contributed by atoms with Gasteiger partial charge < -0.3 is 25.2 Å². The molecule has 0 bridgehead atoms. The van der Waals surface area contributed by atoms with E-state index in [1.807, 2.05) is 0 Å². The maximum atomic E-state index is 10.5. The van der Waals surface area contributed by atoms with Crippen molar-refractivity contribution >= 4 is 10.3 Å². The van der Waals surface area contributed by atoms with Crippen LogP contribution in [0.2, 0.25) is 0 Å². The molecule has 0 aliphatic carbocycles. The Morgan fingerprint density at radius 2 is 1.75 bits per heavy atom. The molecule has 0 amide bonds. The van der Waals surface area contributed by atoms with Crippen LogP contribution in [0.15, 0.2) is 0 Å². The van der Waals surface area contributed by atoms with E-state index in [-0.39, 0.29) is 0 Å². The molecule has 1 aliphatic rings. The third-order valence-corrected chi connectivity index (χ3v) is 2.76. The molecule has 9 nitrogen and oxygen atoms in total. The predicted molar refractivity (Wildman–Crippen MR) is 48.5 cm³/mol. The molecule has 0 spiro atoms. The molecular weight excluding hydrogens is 246 g/mol. The normalized spacial score (nSPS) is 40.9. The van der Waals surface area contributed by atoms with Crippen LogP contribution in [0, 0.1) is 0 Å². The first-order valence-electron chi connectivity index (χ1n) is 4.31. The number of nitrogens with one attached hydrogen (secondary N) is 1. The smallest absolute Gasteiger partial charge is 0.333 e. The van der Waals surface area contributed by atoms with E-state index in [2.05, 4.69) is 4.74 Å². The van der Waals surface area contributed by atoms with Crippen LogP contribution in [0.3, 0.4) is 0 Å². The minimum Gasteiger partial charge on any atom is -0.394 e. The third kappa shape index (κ3) is 3.09. The Bertz CT molecular complexity index is 331. The molecule has 0 unspecified atom stereocenters. The number of hydrogen-bond acceptors (Lipinski definition) is 7. The van der Waals surface area contributed by atoms with Gasteiger partial charge in [0.05, 0.1) is 6.61 Å². The Balaban J connectivity index is 2.80. The van der Waals surface area contributed by atoms with Crippen LogP contribution in [-0.2, 0) is 15.0 Å². The summed E-state index contributed by atoms with van der Waals surface area (Å²) in [5.41, 5.74) is 0. The Morgan fingerprint density at radius 3 is 2.19 bits per heavy atom. The topological polar surface area (TPSA) is 157 Å². The number of aliphatic hydroxyl groups is 4. The minimum absolute atomic E-state index is 0.659. The summed E-state index contributed by atoms with van der Waals surface area (Å²) in [6, 6.07) is -1.62. The summed E-state index contributed by atoms with van der Waals surface area (Å²) in [4.78, 5) is 0. The molecule has 0 aromatic heterocycles. The lowest BCUT2D eigenvalue weighted by Crippen LogP contribution is -2.64. The van der Waals surface area contributed by atoms with E-state index in [1.165, 1.54) is 4.72 Å². The van der Waals surface area contributed by atoms with Gasteiger partial charge in [-0.25, -0.2) is 0 Å². The standard InChI is InChI=1S/C6H13NO8S/c8-1-2-4(9)5(10)3(6(11)15-2)7-16(12,13)14/h2-11H,1H2,(H,12,13,14)/t2-,3+,4-,5+,6-/m1/s1. The van der Waals surface area contributed by atoms with Crippen molar-refractivity contribution in [2.24, 2.45) is 0 Å². The second-order valence-electron chi connectivity index (χ2n) is 3.35. The fourth-order valence-corrected chi connectivity index (χ4v) is 2.00. The van der Waals surface area contributed by atoms with Crippen LogP contribution in [0.25, 0.3) is 0 Å². The first kappa shape index (κ1) is 13.7. The molecular formula is C6H13NO8S. The van der Waals surface area contributed by atoms with Crippen molar-refractivity contribution in [2.45, 2.75) is 30.6 Å². The van der Waals surface area contributed by atoms with E-state index < -0.39 is 47.6 Å². The van der Waals surface area contributed by atoms with Gasteiger partial charge in [0.15, 0.2) is 6.29 Å². The molecule has 96 valence electrons. The highest BCUT2D eigenvalue weighted by Gasteiger charge is 2.44. The number of ether oxygens (including phenoxy) is 1. The first-order chi connectivity index (χ1) is 7.26. The Labute approximate surface area is 91.2 Å². The quantitative estimate of drug-likeness (QED) is 0.281. The SMILES string of the molecule is O=S(=O)(O)N[C@H]1[C@H](O)[C@H](O)[C@@H](CO)O[C@H]1O. The monoisotopic (exact) mass is 259 g/mol. The van der Waals surface area contributed by atoms with Gasteiger partial charge in [0.25, 0.3) is 0 Å². The summed E-state index contributed by atoms with van der Waals surface area (Å²) in [6.45, 7) is -0.659. The van der Waals surface area contributed by atoms with E-state index >= 15 is 0 Å². The minimum atomic E-state index is -4.66. The molecule has 16 heavy (non-hydrogen) atoms. The van der Waals surface area contributed by atoms with Gasteiger partial charge in [0.2, 0.25) is 0 Å². The van der Waals surface area contributed by atoms with Gasteiger partial charge in [-0.3, -0.25) is 4.55 Å². The fraction of sp³-hybridized carbons (Fsp3) is 1.00. The van der Waals surface area contributed by atoms with Gasteiger partial charge in [0.1, 0.15) is 24.4 Å². The lowest BCUT2D eigenvalue weighted by molar-refractivity contribution is -0.251. The van der Waals surface area contributed by atoms with Crippen molar-refractivity contribution in [3.8, 4) is 0 Å². The van der Waals surface area contributed by atoms with Crippen molar-refractivity contribution in [1.29, 1.82) is 0 Å². The van der Waals surface area contributed by atoms with Gasteiger partial charge in [-0.15, -0.1) is 0 Å². The Hall–Kier alpha value is -0.330. The molecule has 1 rings (SSSR count). The van der Waals surface area contributed by atoms with E-state index in [1.54, 1.807) is 0 Å². The summed E-state index contributed by atoms with van der Waals surface area (Å²) < 4.78 is 35.6. The molecule has 0 aromatic carbocycles. The average molecular weight is 259 g/mol. The van der Waals surface area contributed by atoms with Gasteiger partial charge >= 0.3 is 10.3 Å². The molecule has 5 atom stereocenters. The first-order valence-corrected chi connectivity index (χ1v) is 5.75. The molecule has 0 aromatic rings. The number of aliphatic hydroxyl groups excluding tert-OH is 4. The average Bonchev–Trinajstić information content (AvgIpc) is 2.17. The molecule has 0 saturated carbocycles. The predicted octanol–water partition coefficient (Wildman–Crippen LogP) is -3.82. The molecule has 1 saturated heterocycles. The third-order valence-electron chi connectivity index (χ3n) is 2.19. The van der Waals surface area contributed by atoms with Gasteiger partial charge in [-0.05, 0) is 0 Å². The van der Waals surface area contributed by atoms with Crippen LogP contribution in [0.5, 0.6) is 0 Å². The fourth-order valence-electron chi connectivity index (χ4n) is 1.40. The summed E-state index contributed by atoms with van der Waals surface area (Å²) in [7, 11) is -4.66. The van der Waals surface area contributed by atoms with Crippen molar-refractivity contribution in [1.82, 2.24) is 4.72 Å². The molecule has 1 fully saturated rings. The van der Waals surface area contributed by atoms with Crippen molar-refractivity contribution in [3.05, 3.63) is 0 Å². The second-order valence-corrected chi connectivity index (χ2v) is 4.53. The maximum Gasteiger partial charge on any atom is 0.333 e. The zero-order valence-electron chi connectivity index (χ0n) is 7.96. The highest BCUT2D eigenvalue weighted by atomic mass is 32.2. The summed E-state index contributed by atoms with van der Waals surface area (Å²) >= 11 is 0. The van der Waals surface area contributed by atoms with Crippen LogP contribution in [0.4, 0.5) is 0 Å². The van der Waals surface area contributed by atoms with Gasteiger partial charge in [-0.2, -0.15) is 13.1 Å². The maximum absolute atomic E-state index is 10.5. The zero-order valence-corrected chi connectivity index (χ0v) is 8.78. The lowest BCUT2D eigenvalue weighted by Gasteiger charge is -2.39. The summed E-state index contributed by atoms with van der Waals surface area (Å²) in [5.74, 6) is 0. The van der Waals surface area contributed by atoms with Crippen LogP contribution >= 0.6 is 0 Å². The molecule has 10 heteroatoms. The van der Waals surface area contributed by atoms with Crippen LogP contribution in [0.1, 0.15) is 0 Å². The molecule has 6 N–H and O–H groups in total. The van der Waals surface area contributed by atoms with E-state index in [9.17, 15) is 23.7 Å². The zero-order chi connectivity index (χ0) is 12.5.